The zero-order valence-corrected chi connectivity index (χ0v) is 33.4. The molecule has 0 aliphatic heterocycles. The molecule has 4 heterocycles. The Balaban J connectivity index is 0.919. The highest BCUT2D eigenvalue weighted by molar-refractivity contribution is 6.12. The molecule has 4 fully saturated rings. The van der Waals surface area contributed by atoms with Crippen LogP contribution >= 0.6 is 0 Å². The van der Waals surface area contributed by atoms with Gasteiger partial charge >= 0.3 is 0 Å². The van der Waals surface area contributed by atoms with E-state index in [-0.39, 0.29) is 0 Å². The first-order valence-electron chi connectivity index (χ1n) is 21.7. The van der Waals surface area contributed by atoms with Crippen molar-refractivity contribution in [2.45, 2.75) is 43.9 Å². The molecule has 4 aliphatic carbocycles. The number of rotatable bonds is 5. The Kier molecular flexibility index (Phi) is 6.91. The van der Waals surface area contributed by atoms with Gasteiger partial charge in [-0.15, -0.1) is 0 Å². The van der Waals surface area contributed by atoms with E-state index in [1.54, 1.807) is 5.56 Å². The van der Waals surface area contributed by atoms with Gasteiger partial charge < -0.3 is 13.3 Å². The third-order valence-electron chi connectivity index (χ3n) is 14.5. The Labute approximate surface area is 350 Å². The second kappa shape index (κ2) is 12.5. The summed E-state index contributed by atoms with van der Waals surface area (Å²) in [5.74, 6) is 4.31. The van der Waals surface area contributed by atoms with Gasteiger partial charge in [0, 0.05) is 32.3 Å². The van der Waals surface area contributed by atoms with E-state index >= 15 is 0 Å². The summed E-state index contributed by atoms with van der Waals surface area (Å²) in [7, 11) is 0. The average Bonchev–Trinajstić information content (AvgIpc) is 4.00. The van der Waals surface area contributed by atoms with Crippen LogP contribution in [-0.2, 0) is 5.41 Å². The number of fused-ring (bicyclic) bond motifs is 9. The van der Waals surface area contributed by atoms with Crippen LogP contribution in [0.2, 0.25) is 0 Å². The maximum atomic E-state index is 6.76. The SMILES string of the molecule is c1ccc2c(c1)oc1c(-c3nc(-c4cccc5c4oc4ccccc45)nc(-c4cccc5c4oc4ccc(-c6ccc(C78CC9CC(CC(C9)C7)C8)cc6)cc45)n3)cccc12. The smallest absolute Gasteiger partial charge is 0.167 e. The molecule has 292 valence electrons. The maximum absolute atomic E-state index is 6.76. The lowest BCUT2D eigenvalue weighted by Crippen LogP contribution is -2.48. The molecule has 6 nitrogen and oxygen atoms in total. The second-order valence-corrected chi connectivity index (χ2v) is 18.1. The second-order valence-electron chi connectivity index (χ2n) is 18.1. The van der Waals surface area contributed by atoms with Crippen LogP contribution in [-0.4, -0.2) is 15.0 Å². The number of aromatic nitrogens is 3. The van der Waals surface area contributed by atoms with Crippen molar-refractivity contribution in [2.24, 2.45) is 17.8 Å². The highest BCUT2D eigenvalue weighted by Gasteiger charge is 2.51. The molecule has 0 saturated heterocycles. The zero-order valence-electron chi connectivity index (χ0n) is 33.4. The Hall–Kier alpha value is -7.05. The van der Waals surface area contributed by atoms with Crippen molar-refractivity contribution in [1.82, 2.24) is 15.0 Å². The third kappa shape index (κ3) is 5.05. The van der Waals surface area contributed by atoms with E-state index < -0.39 is 0 Å². The van der Waals surface area contributed by atoms with Gasteiger partial charge in [-0.2, -0.15) is 0 Å². The van der Waals surface area contributed by atoms with E-state index in [4.69, 9.17) is 28.2 Å². The van der Waals surface area contributed by atoms with Gasteiger partial charge in [0.25, 0.3) is 0 Å². The predicted octanol–water partition coefficient (Wildman–Crippen LogP) is 14.7. The molecule has 0 radical (unpaired) electrons. The Morgan fingerprint density at radius 1 is 0.377 bits per heavy atom. The summed E-state index contributed by atoms with van der Waals surface area (Å²) >= 11 is 0. The Bertz CT molecular complexity index is 3420. The normalized spacial score (nSPS) is 21.0. The first kappa shape index (κ1) is 33.7. The fraction of sp³-hybridized carbons (Fsp3) is 0.182. The van der Waals surface area contributed by atoms with E-state index in [1.165, 1.54) is 49.7 Å². The highest BCUT2D eigenvalue weighted by Crippen LogP contribution is 2.61. The molecule has 15 rings (SSSR count). The van der Waals surface area contributed by atoms with Crippen LogP contribution in [0.1, 0.15) is 44.1 Å². The number of hydrogen-bond donors (Lipinski definition) is 0. The molecule has 7 aromatic carbocycles. The van der Waals surface area contributed by atoms with Crippen LogP contribution in [0, 0.1) is 17.8 Å². The topological polar surface area (TPSA) is 78.1 Å². The van der Waals surface area contributed by atoms with Crippen LogP contribution in [0.3, 0.4) is 0 Å². The fourth-order valence-corrected chi connectivity index (χ4v) is 12.2. The molecule has 0 amide bonds. The van der Waals surface area contributed by atoms with Crippen LogP contribution in [0.15, 0.2) is 159 Å². The molecular formula is C55H39N3O3. The average molecular weight is 790 g/mol. The van der Waals surface area contributed by atoms with Gasteiger partial charge in [0.1, 0.15) is 33.5 Å². The molecule has 0 unspecified atom stereocenters. The van der Waals surface area contributed by atoms with Gasteiger partial charge in [0.05, 0.1) is 16.7 Å². The highest BCUT2D eigenvalue weighted by atomic mass is 16.3. The molecule has 11 aromatic rings. The number of para-hydroxylation sites is 5. The number of hydrogen-bond acceptors (Lipinski definition) is 6. The molecule has 0 atom stereocenters. The molecule has 0 spiro atoms. The first-order chi connectivity index (χ1) is 30.1. The number of furan rings is 3. The van der Waals surface area contributed by atoms with Gasteiger partial charge in [-0.25, -0.2) is 15.0 Å². The first-order valence-corrected chi connectivity index (χ1v) is 21.7. The van der Waals surface area contributed by atoms with Crippen LogP contribution in [0.5, 0.6) is 0 Å². The molecule has 4 bridgehead atoms. The molecule has 6 heteroatoms. The third-order valence-corrected chi connectivity index (χ3v) is 14.5. The minimum absolute atomic E-state index is 0.389. The molecule has 4 aromatic heterocycles. The van der Waals surface area contributed by atoms with Gasteiger partial charge in [-0.05, 0) is 121 Å². The van der Waals surface area contributed by atoms with Crippen molar-refractivity contribution >= 4 is 65.8 Å². The summed E-state index contributed by atoms with van der Waals surface area (Å²) < 4.78 is 19.8. The van der Waals surface area contributed by atoms with Crippen molar-refractivity contribution in [1.29, 1.82) is 0 Å². The monoisotopic (exact) mass is 789 g/mol. The summed E-state index contributed by atoms with van der Waals surface area (Å²) in [6.07, 6.45) is 8.52. The standard InChI is InChI=1S/C55H39N3O3/c1-3-16-46-37(8-1)39-10-5-13-42(49(39)59-46)52-56-53(43-14-6-11-40-38-9-2-4-17-47(38)60-50(40)43)58-54(57-52)44-15-7-12-41-45-27-35(20-23-48(45)61-51(41)44)34-18-21-36(22-19-34)55-28-31-24-32(29-55)26-33(25-31)30-55/h1-23,27,31-33H,24-26,28-30H2. The van der Waals surface area contributed by atoms with Crippen molar-refractivity contribution in [3.8, 4) is 45.3 Å². The summed E-state index contributed by atoms with van der Waals surface area (Å²) in [6, 6.07) is 50.9. The van der Waals surface area contributed by atoms with Crippen molar-refractivity contribution in [2.75, 3.05) is 0 Å². The van der Waals surface area contributed by atoms with E-state index in [0.717, 1.165) is 100 Å². The van der Waals surface area contributed by atoms with Crippen molar-refractivity contribution in [3.05, 3.63) is 151 Å². The summed E-state index contributed by atoms with van der Waals surface area (Å²) in [5, 5.41) is 6.19. The summed E-state index contributed by atoms with van der Waals surface area (Å²) in [4.78, 5) is 15.7. The fourth-order valence-electron chi connectivity index (χ4n) is 12.2. The predicted molar refractivity (Wildman–Crippen MR) is 243 cm³/mol. The summed E-state index contributed by atoms with van der Waals surface area (Å²) in [5.41, 5.74) is 11.4. The largest absolute Gasteiger partial charge is 0.455 e. The Morgan fingerprint density at radius 3 is 1.28 bits per heavy atom. The molecular weight excluding hydrogens is 751 g/mol. The number of nitrogens with zero attached hydrogens (tertiary/aromatic N) is 3. The van der Waals surface area contributed by atoms with Gasteiger partial charge in [-0.1, -0.05) is 103 Å². The van der Waals surface area contributed by atoms with Gasteiger partial charge in [0.2, 0.25) is 0 Å². The minimum atomic E-state index is 0.389. The van der Waals surface area contributed by atoms with Crippen LogP contribution < -0.4 is 0 Å². The van der Waals surface area contributed by atoms with Crippen molar-refractivity contribution in [3.63, 3.8) is 0 Å². The molecule has 61 heavy (non-hydrogen) atoms. The van der Waals surface area contributed by atoms with Crippen LogP contribution in [0.25, 0.3) is 111 Å². The minimum Gasteiger partial charge on any atom is -0.455 e. The van der Waals surface area contributed by atoms with Crippen molar-refractivity contribution < 1.29 is 13.3 Å². The van der Waals surface area contributed by atoms with E-state index in [0.29, 0.717) is 22.9 Å². The zero-order chi connectivity index (χ0) is 39.8. The van der Waals surface area contributed by atoms with Gasteiger partial charge in [-0.3, -0.25) is 0 Å². The van der Waals surface area contributed by atoms with E-state index in [9.17, 15) is 0 Å². The maximum Gasteiger partial charge on any atom is 0.167 e. The lowest BCUT2D eigenvalue weighted by Gasteiger charge is -2.57. The van der Waals surface area contributed by atoms with E-state index in [2.05, 4.69) is 78.9 Å². The molecule has 0 N–H and O–H groups in total. The molecule has 4 aliphatic rings. The Morgan fingerprint density at radius 2 is 0.787 bits per heavy atom. The summed E-state index contributed by atoms with van der Waals surface area (Å²) in [6.45, 7) is 0. The quantitative estimate of drug-likeness (QED) is 0.173. The number of benzene rings is 7. The molecule has 4 saturated carbocycles. The lowest BCUT2D eigenvalue weighted by atomic mass is 9.48. The van der Waals surface area contributed by atoms with E-state index in [1.807, 2.05) is 66.7 Å². The van der Waals surface area contributed by atoms with Crippen LogP contribution in [0.4, 0.5) is 0 Å². The van der Waals surface area contributed by atoms with Gasteiger partial charge in [0.15, 0.2) is 17.5 Å². The lowest BCUT2D eigenvalue weighted by molar-refractivity contribution is -0.00518.